The Bertz CT molecular complexity index is 585. The second kappa shape index (κ2) is 7.12. The van der Waals surface area contributed by atoms with E-state index < -0.39 is 0 Å². The highest BCUT2D eigenvalue weighted by Crippen LogP contribution is 2.16. The maximum atomic E-state index is 13.5. The number of hydrogen-bond acceptors (Lipinski definition) is 4. The smallest absolute Gasteiger partial charge is 0.270 e. The van der Waals surface area contributed by atoms with E-state index >= 15 is 0 Å². The van der Waals surface area contributed by atoms with E-state index in [9.17, 15) is 9.18 Å². The predicted octanol–water partition coefficient (Wildman–Crippen LogP) is 1.82. The van der Waals surface area contributed by atoms with Gasteiger partial charge >= 0.3 is 0 Å². The van der Waals surface area contributed by atoms with E-state index in [0.717, 1.165) is 5.01 Å². The molecule has 1 aromatic heterocycles. The fourth-order valence-electron chi connectivity index (χ4n) is 1.69. The normalized spacial score (nSPS) is 10.5. The van der Waals surface area contributed by atoms with Gasteiger partial charge in [-0.15, -0.1) is 11.3 Å². The lowest BCUT2D eigenvalue weighted by Crippen LogP contribution is -2.30. The predicted molar refractivity (Wildman–Crippen MR) is 77.6 cm³/mol. The van der Waals surface area contributed by atoms with Gasteiger partial charge in [0.1, 0.15) is 11.5 Å². The molecule has 2 aromatic rings. The van der Waals surface area contributed by atoms with Crippen molar-refractivity contribution >= 4 is 17.2 Å². The van der Waals surface area contributed by atoms with Crippen LogP contribution in [-0.2, 0) is 6.42 Å². The third-order valence-electron chi connectivity index (χ3n) is 2.74. The first-order chi connectivity index (χ1) is 9.70. The van der Waals surface area contributed by atoms with Gasteiger partial charge in [-0.05, 0) is 18.7 Å². The van der Waals surface area contributed by atoms with Crippen molar-refractivity contribution in [2.45, 2.75) is 6.42 Å². The van der Waals surface area contributed by atoms with Crippen LogP contribution < -0.4 is 10.6 Å². The SMILES string of the molecule is CNCCNC(=O)c1csc(Cc2ccccc2F)n1. The molecule has 2 N–H and O–H groups in total. The fourth-order valence-corrected chi connectivity index (χ4v) is 2.49. The van der Waals surface area contributed by atoms with E-state index in [1.165, 1.54) is 17.4 Å². The summed E-state index contributed by atoms with van der Waals surface area (Å²) in [6.45, 7) is 1.26. The molecule has 106 valence electrons. The van der Waals surface area contributed by atoms with Gasteiger partial charge in [-0.2, -0.15) is 0 Å². The minimum Gasteiger partial charge on any atom is -0.349 e. The largest absolute Gasteiger partial charge is 0.349 e. The summed E-state index contributed by atoms with van der Waals surface area (Å²) in [4.78, 5) is 16.0. The Morgan fingerprint density at radius 2 is 2.15 bits per heavy atom. The molecule has 0 fully saturated rings. The monoisotopic (exact) mass is 293 g/mol. The van der Waals surface area contributed by atoms with Crippen molar-refractivity contribution in [2.75, 3.05) is 20.1 Å². The maximum Gasteiger partial charge on any atom is 0.270 e. The van der Waals surface area contributed by atoms with Crippen molar-refractivity contribution < 1.29 is 9.18 Å². The lowest BCUT2D eigenvalue weighted by Gasteiger charge is -2.01. The highest BCUT2D eigenvalue weighted by molar-refractivity contribution is 7.09. The number of thiazole rings is 1. The number of carbonyl (C=O) groups excluding carboxylic acids is 1. The summed E-state index contributed by atoms with van der Waals surface area (Å²) in [5, 5.41) is 8.13. The number of nitrogens with zero attached hydrogens (tertiary/aromatic N) is 1. The van der Waals surface area contributed by atoms with Crippen LogP contribution in [0, 0.1) is 5.82 Å². The molecule has 0 saturated carbocycles. The Balaban J connectivity index is 1.99. The quantitative estimate of drug-likeness (QED) is 0.799. The second-order valence-corrected chi connectivity index (χ2v) is 5.20. The molecule has 20 heavy (non-hydrogen) atoms. The van der Waals surface area contributed by atoms with E-state index in [-0.39, 0.29) is 11.7 Å². The number of aromatic nitrogens is 1. The first kappa shape index (κ1) is 14.6. The average molecular weight is 293 g/mol. The minimum atomic E-state index is -0.247. The van der Waals surface area contributed by atoms with Crippen LogP contribution in [0.3, 0.4) is 0 Å². The molecule has 0 radical (unpaired) electrons. The van der Waals surface area contributed by atoms with Crippen LogP contribution in [0.5, 0.6) is 0 Å². The zero-order chi connectivity index (χ0) is 14.4. The van der Waals surface area contributed by atoms with Gasteiger partial charge in [0.25, 0.3) is 5.91 Å². The Hall–Kier alpha value is -1.79. The van der Waals surface area contributed by atoms with Gasteiger partial charge in [0.2, 0.25) is 0 Å². The van der Waals surface area contributed by atoms with Gasteiger partial charge in [0.05, 0.1) is 5.01 Å². The van der Waals surface area contributed by atoms with Gasteiger partial charge in [-0.3, -0.25) is 4.79 Å². The summed E-state index contributed by atoms with van der Waals surface area (Å²) >= 11 is 1.37. The average Bonchev–Trinajstić information content (AvgIpc) is 2.90. The molecule has 0 unspecified atom stereocenters. The Kier molecular flexibility index (Phi) is 5.20. The molecule has 1 aromatic carbocycles. The van der Waals surface area contributed by atoms with Gasteiger partial charge < -0.3 is 10.6 Å². The number of halogens is 1. The molecule has 1 amide bonds. The minimum absolute atomic E-state index is 0.198. The molecule has 2 rings (SSSR count). The van der Waals surface area contributed by atoms with Crippen molar-refractivity contribution in [2.24, 2.45) is 0 Å². The van der Waals surface area contributed by atoms with E-state index in [2.05, 4.69) is 15.6 Å². The van der Waals surface area contributed by atoms with Crippen molar-refractivity contribution in [3.05, 3.63) is 51.7 Å². The summed E-state index contributed by atoms with van der Waals surface area (Å²) in [5.41, 5.74) is 0.974. The summed E-state index contributed by atoms with van der Waals surface area (Å²) in [7, 11) is 1.82. The molecule has 0 atom stereocenters. The van der Waals surface area contributed by atoms with Gasteiger partial charge in [-0.25, -0.2) is 9.37 Å². The zero-order valence-corrected chi connectivity index (χ0v) is 12.0. The Labute approximate surface area is 121 Å². The summed E-state index contributed by atoms with van der Waals surface area (Å²) in [6, 6.07) is 6.59. The topological polar surface area (TPSA) is 54.0 Å². The van der Waals surface area contributed by atoms with E-state index in [0.29, 0.717) is 30.8 Å². The van der Waals surface area contributed by atoms with E-state index in [1.807, 2.05) is 7.05 Å². The molecule has 0 saturated heterocycles. The Morgan fingerprint density at radius 3 is 2.90 bits per heavy atom. The zero-order valence-electron chi connectivity index (χ0n) is 11.1. The van der Waals surface area contributed by atoms with Crippen LogP contribution in [-0.4, -0.2) is 31.0 Å². The number of rotatable bonds is 6. The van der Waals surface area contributed by atoms with Gasteiger partial charge in [-0.1, -0.05) is 18.2 Å². The number of carbonyl (C=O) groups is 1. The maximum absolute atomic E-state index is 13.5. The van der Waals surface area contributed by atoms with Crippen LogP contribution in [0.1, 0.15) is 21.1 Å². The third-order valence-corrected chi connectivity index (χ3v) is 3.59. The summed E-state index contributed by atoms with van der Waals surface area (Å²) < 4.78 is 13.5. The lowest BCUT2D eigenvalue weighted by atomic mass is 10.1. The van der Waals surface area contributed by atoms with Crippen LogP contribution in [0.15, 0.2) is 29.6 Å². The lowest BCUT2D eigenvalue weighted by molar-refractivity contribution is 0.0949. The fraction of sp³-hybridized carbons (Fsp3) is 0.286. The number of amides is 1. The molecule has 6 heteroatoms. The van der Waals surface area contributed by atoms with Crippen molar-refractivity contribution in [3.63, 3.8) is 0 Å². The molecule has 0 aliphatic rings. The molecule has 0 spiro atoms. The number of hydrogen-bond donors (Lipinski definition) is 2. The standard InChI is InChI=1S/C14H16FN3OS/c1-16-6-7-17-14(19)12-9-20-13(18-12)8-10-4-2-3-5-11(10)15/h2-5,9,16H,6-8H2,1H3,(H,17,19). The highest BCUT2D eigenvalue weighted by atomic mass is 32.1. The van der Waals surface area contributed by atoms with Crippen LogP contribution >= 0.6 is 11.3 Å². The number of likely N-dealkylation sites (N-methyl/N-ethyl adjacent to an activating group) is 1. The third kappa shape index (κ3) is 3.85. The van der Waals surface area contributed by atoms with Gasteiger partial charge in [0, 0.05) is 24.9 Å². The molecule has 0 aliphatic carbocycles. The van der Waals surface area contributed by atoms with Crippen molar-refractivity contribution in [3.8, 4) is 0 Å². The second-order valence-electron chi connectivity index (χ2n) is 4.25. The number of benzene rings is 1. The van der Waals surface area contributed by atoms with E-state index in [1.54, 1.807) is 23.6 Å². The molecular formula is C14H16FN3OS. The first-order valence-electron chi connectivity index (χ1n) is 6.31. The molecular weight excluding hydrogens is 277 g/mol. The Morgan fingerprint density at radius 1 is 1.35 bits per heavy atom. The van der Waals surface area contributed by atoms with Crippen LogP contribution in [0.4, 0.5) is 4.39 Å². The van der Waals surface area contributed by atoms with Crippen LogP contribution in [0.2, 0.25) is 0 Å². The van der Waals surface area contributed by atoms with Crippen LogP contribution in [0.25, 0.3) is 0 Å². The molecule has 1 heterocycles. The molecule has 4 nitrogen and oxygen atoms in total. The molecule has 0 bridgehead atoms. The van der Waals surface area contributed by atoms with Crippen molar-refractivity contribution in [1.29, 1.82) is 0 Å². The molecule has 0 aliphatic heterocycles. The summed E-state index contributed by atoms with van der Waals surface area (Å²) in [6.07, 6.45) is 0.404. The highest BCUT2D eigenvalue weighted by Gasteiger charge is 2.11. The summed E-state index contributed by atoms with van der Waals surface area (Å²) in [5.74, 6) is -0.445. The first-order valence-corrected chi connectivity index (χ1v) is 7.19. The van der Waals surface area contributed by atoms with Crippen molar-refractivity contribution in [1.82, 2.24) is 15.6 Å². The van der Waals surface area contributed by atoms with E-state index in [4.69, 9.17) is 0 Å². The van der Waals surface area contributed by atoms with Gasteiger partial charge in [0.15, 0.2) is 0 Å². The number of nitrogens with one attached hydrogen (secondary N) is 2.